The number of hydrogen-bond donors (Lipinski definition) is 0. The molecule has 16 heavy (non-hydrogen) atoms. The van der Waals surface area contributed by atoms with Crippen LogP contribution >= 0.6 is 11.6 Å². The van der Waals surface area contributed by atoms with Crippen molar-refractivity contribution >= 4 is 17.5 Å². The lowest BCUT2D eigenvalue weighted by atomic mass is 10.2. The zero-order valence-electron chi connectivity index (χ0n) is 9.02. The summed E-state index contributed by atoms with van der Waals surface area (Å²) in [5.74, 6) is -0.350. The number of amides is 1. The molecule has 0 aromatic rings. The molecule has 0 saturated carbocycles. The summed E-state index contributed by atoms with van der Waals surface area (Å²) in [7, 11) is 1.46. The van der Waals surface area contributed by atoms with Crippen LogP contribution in [0.1, 0.15) is 12.8 Å². The van der Waals surface area contributed by atoms with E-state index >= 15 is 0 Å². The Hall–Kier alpha value is -0.490. The predicted molar refractivity (Wildman–Crippen MR) is 54.5 cm³/mol. The van der Waals surface area contributed by atoms with Crippen LogP contribution in [0.5, 0.6) is 0 Å². The summed E-state index contributed by atoms with van der Waals surface area (Å²) in [5, 5.41) is 0. The normalized spacial score (nSPS) is 11.6. The first-order valence-corrected chi connectivity index (χ1v) is 5.33. The first-order chi connectivity index (χ1) is 7.40. The molecule has 0 N–H and O–H groups in total. The van der Waals surface area contributed by atoms with E-state index in [4.69, 9.17) is 16.3 Å². The van der Waals surface area contributed by atoms with Gasteiger partial charge in [0.05, 0.1) is 13.0 Å². The first kappa shape index (κ1) is 15.5. The van der Waals surface area contributed by atoms with Crippen LogP contribution in [0.2, 0.25) is 0 Å². The number of nitrogens with zero attached hydrogens (tertiary/aromatic N) is 1. The quantitative estimate of drug-likeness (QED) is 0.657. The molecule has 0 aliphatic heterocycles. The van der Waals surface area contributed by atoms with Gasteiger partial charge in [-0.25, -0.2) is 0 Å². The Balaban J connectivity index is 4.05. The number of carbonyl (C=O) groups is 1. The van der Waals surface area contributed by atoms with Gasteiger partial charge in [0.25, 0.3) is 0 Å². The lowest BCUT2D eigenvalue weighted by Gasteiger charge is -2.21. The molecular weight excluding hydrogens is 247 g/mol. The SMILES string of the molecule is COCCN(CCCl)C(=O)CCC(F)(F)F. The molecule has 0 heterocycles. The topological polar surface area (TPSA) is 29.5 Å². The Morgan fingerprint density at radius 3 is 2.44 bits per heavy atom. The molecule has 0 unspecified atom stereocenters. The van der Waals surface area contributed by atoms with Crippen molar-refractivity contribution in [1.29, 1.82) is 0 Å². The van der Waals surface area contributed by atoms with Crippen molar-refractivity contribution in [2.45, 2.75) is 19.0 Å². The van der Waals surface area contributed by atoms with Gasteiger partial charge in [-0.15, -0.1) is 11.6 Å². The smallest absolute Gasteiger partial charge is 0.383 e. The van der Waals surface area contributed by atoms with Crippen LogP contribution in [-0.4, -0.2) is 49.7 Å². The first-order valence-electron chi connectivity index (χ1n) is 4.80. The predicted octanol–water partition coefficient (Wildman–Crippen LogP) is 2.04. The second-order valence-corrected chi connectivity index (χ2v) is 3.56. The van der Waals surface area contributed by atoms with Gasteiger partial charge in [-0.1, -0.05) is 0 Å². The fraction of sp³-hybridized carbons (Fsp3) is 0.889. The van der Waals surface area contributed by atoms with Gasteiger partial charge >= 0.3 is 6.18 Å². The van der Waals surface area contributed by atoms with Crippen molar-refractivity contribution in [2.75, 3.05) is 32.7 Å². The summed E-state index contributed by atoms with van der Waals surface area (Å²) < 4.78 is 40.4. The second-order valence-electron chi connectivity index (χ2n) is 3.18. The molecule has 0 rings (SSSR count). The summed E-state index contributed by atoms with van der Waals surface area (Å²) in [6.45, 7) is 0.788. The summed E-state index contributed by atoms with van der Waals surface area (Å²) in [6.07, 6.45) is -5.94. The van der Waals surface area contributed by atoms with Crippen molar-refractivity contribution in [3.63, 3.8) is 0 Å². The van der Waals surface area contributed by atoms with Gasteiger partial charge in [-0.05, 0) is 0 Å². The molecule has 0 bridgehead atoms. The van der Waals surface area contributed by atoms with Crippen LogP contribution in [0.4, 0.5) is 13.2 Å². The molecule has 0 radical (unpaired) electrons. The summed E-state index contributed by atoms with van der Waals surface area (Å²) >= 11 is 5.45. The molecule has 96 valence electrons. The van der Waals surface area contributed by atoms with E-state index in [-0.39, 0.29) is 25.6 Å². The fourth-order valence-electron chi connectivity index (χ4n) is 1.07. The molecule has 7 heteroatoms. The highest BCUT2D eigenvalue weighted by Gasteiger charge is 2.29. The van der Waals surface area contributed by atoms with Gasteiger partial charge in [0.1, 0.15) is 0 Å². The summed E-state index contributed by atoms with van der Waals surface area (Å²) in [6, 6.07) is 0. The molecule has 0 aliphatic carbocycles. The molecule has 0 aliphatic rings. The number of methoxy groups -OCH3 is 1. The third-order valence-corrected chi connectivity index (χ3v) is 2.06. The molecule has 0 fully saturated rings. The van der Waals surface area contributed by atoms with Gasteiger partial charge in [0.2, 0.25) is 5.91 Å². The molecule has 0 spiro atoms. The Bertz CT molecular complexity index is 211. The van der Waals surface area contributed by atoms with Gasteiger partial charge in [0, 0.05) is 32.5 Å². The number of rotatable bonds is 7. The molecule has 3 nitrogen and oxygen atoms in total. The minimum atomic E-state index is -4.30. The maximum absolute atomic E-state index is 11.9. The summed E-state index contributed by atoms with van der Waals surface area (Å²) in [5.41, 5.74) is 0. The highest BCUT2D eigenvalue weighted by atomic mass is 35.5. The van der Waals surface area contributed by atoms with E-state index in [0.29, 0.717) is 0 Å². The van der Waals surface area contributed by atoms with Gasteiger partial charge in [-0.3, -0.25) is 4.79 Å². The minimum absolute atomic E-state index is 0.196. The minimum Gasteiger partial charge on any atom is -0.383 e. The zero-order valence-corrected chi connectivity index (χ0v) is 9.77. The van der Waals surface area contributed by atoms with Gasteiger partial charge < -0.3 is 9.64 Å². The van der Waals surface area contributed by atoms with Crippen molar-refractivity contribution < 1.29 is 22.7 Å². The van der Waals surface area contributed by atoms with Crippen molar-refractivity contribution in [3.8, 4) is 0 Å². The van der Waals surface area contributed by atoms with E-state index in [1.165, 1.54) is 12.0 Å². The average Bonchev–Trinajstić information content (AvgIpc) is 2.19. The van der Waals surface area contributed by atoms with Crippen LogP contribution in [0.15, 0.2) is 0 Å². The standard InChI is InChI=1S/C9H15ClF3NO2/c1-16-7-6-14(5-4-10)8(15)2-3-9(11,12)13/h2-7H2,1H3. The Morgan fingerprint density at radius 2 is 2.00 bits per heavy atom. The molecule has 0 aromatic carbocycles. The van der Waals surface area contributed by atoms with Crippen molar-refractivity contribution in [3.05, 3.63) is 0 Å². The Labute approximate surface area is 97.5 Å². The summed E-state index contributed by atoms with van der Waals surface area (Å²) in [4.78, 5) is 12.7. The largest absolute Gasteiger partial charge is 0.389 e. The monoisotopic (exact) mass is 261 g/mol. The Kier molecular flexibility index (Phi) is 7.49. The maximum atomic E-state index is 11.9. The number of ether oxygens (including phenoxy) is 1. The number of hydrogen-bond acceptors (Lipinski definition) is 2. The molecular formula is C9H15ClF3NO2. The van der Waals surface area contributed by atoms with Gasteiger partial charge in [0.15, 0.2) is 0 Å². The van der Waals surface area contributed by atoms with Crippen LogP contribution < -0.4 is 0 Å². The number of halogens is 4. The van der Waals surface area contributed by atoms with Crippen molar-refractivity contribution in [2.24, 2.45) is 0 Å². The molecule has 0 atom stereocenters. The highest BCUT2D eigenvalue weighted by Crippen LogP contribution is 2.21. The fourth-order valence-corrected chi connectivity index (χ4v) is 1.28. The van der Waals surface area contributed by atoms with Crippen LogP contribution in [0, 0.1) is 0 Å². The Morgan fingerprint density at radius 1 is 1.38 bits per heavy atom. The maximum Gasteiger partial charge on any atom is 0.389 e. The molecule has 0 aromatic heterocycles. The number of alkyl halides is 4. The van der Waals surface area contributed by atoms with Crippen LogP contribution in [-0.2, 0) is 9.53 Å². The second kappa shape index (κ2) is 7.73. The lowest BCUT2D eigenvalue weighted by molar-refractivity contribution is -0.149. The average molecular weight is 262 g/mol. The van der Waals surface area contributed by atoms with E-state index < -0.39 is 24.9 Å². The van der Waals surface area contributed by atoms with E-state index in [1.54, 1.807) is 0 Å². The van der Waals surface area contributed by atoms with E-state index in [9.17, 15) is 18.0 Å². The van der Waals surface area contributed by atoms with E-state index in [0.717, 1.165) is 0 Å². The molecule has 1 amide bonds. The van der Waals surface area contributed by atoms with E-state index in [2.05, 4.69) is 0 Å². The van der Waals surface area contributed by atoms with Crippen LogP contribution in [0.3, 0.4) is 0 Å². The third-order valence-electron chi connectivity index (χ3n) is 1.89. The zero-order chi connectivity index (χ0) is 12.6. The molecule has 0 saturated heterocycles. The van der Waals surface area contributed by atoms with E-state index in [1.807, 2.05) is 0 Å². The van der Waals surface area contributed by atoms with Crippen molar-refractivity contribution in [1.82, 2.24) is 4.90 Å². The lowest BCUT2D eigenvalue weighted by Crippen LogP contribution is -2.36. The van der Waals surface area contributed by atoms with Crippen LogP contribution in [0.25, 0.3) is 0 Å². The third kappa shape index (κ3) is 7.76. The van der Waals surface area contributed by atoms with Gasteiger partial charge in [-0.2, -0.15) is 13.2 Å². The number of carbonyl (C=O) groups excluding carboxylic acids is 1. The highest BCUT2D eigenvalue weighted by molar-refractivity contribution is 6.18.